The molecule has 1 aromatic heterocycles. The van der Waals surface area contributed by atoms with Gasteiger partial charge in [-0.15, -0.1) is 0 Å². The van der Waals surface area contributed by atoms with Gasteiger partial charge in [-0.25, -0.2) is 4.79 Å². The molecule has 1 aliphatic heterocycles. The minimum atomic E-state index is -0.312. The largest absolute Gasteiger partial charge is 0.443 e. The van der Waals surface area contributed by atoms with E-state index in [9.17, 15) is 10.1 Å². The van der Waals surface area contributed by atoms with Crippen LogP contribution in [0.25, 0.3) is 17.2 Å². The van der Waals surface area contributed by atoms with Gasteiger partial charge in [0.25, 0.3) is 0 Å². The molecule has 0 spiro atoms. The molecule has 1 aliphatic carbocycles. The number of carbonyl (C=O) groups is 1. The van der Waals surface area contributed by atoms with Gasteiger partial charge < -0.3 is 10.1 Å². The molecule has 5 heteroatoms. The van der Waals surface area contributed by atoms with Crippen LogP contribution in [0.3, 0.4) is 0 Å². The molecule has 1 saturated heterocycles. The Morgan fingerprint density at radius 3 is 2.82 bits per heavy atom. The van der Waals surface area contributed by atoms with Crippen molar-refractivity contribution < 1.29 is 9.53 Å². The molecule has 5 atom stereocenters. The van der Waals surface area contributed by atoms with Crippen molar-refractivity contribution in [3.63, 3.8) is 0 Å². The Hall–Kier alpha value is -3.13. The van der Waals surface area contributed by atoms with Crippen molar-refractivity contribution in [2.45, 2.75) is 32.4 Å². The van der Waals surface area contributed by atoms with Crippen LogP contribution in [0.5, 0.6) is 0 Å². The monoisotopic (exact) mass is 373 g/mol. The predicted molar refractivity (Wildman–Crippen MR) is 107 cm³/mol. The molecule has 1 N–H and O–H groups in total. The maximum Gasteiger partial charge on any atom is 0.407 e. The molecule has 2 heterocycles. The van der Waals surface area contributed by atoms with Gasteiger partial charge in [-0.3, -0.25) is 4.98 Å². The van der Waals surface area contributed by atoms with Crippen LogP contribution < -0.4 is 5.32 Å². The van der Waals surface area contributed by atoms with Crippen LogP contribution in [0, 0.1) is 29.1 Å². The molecule has 0 unspecified atom stereocenters. The maximum atomic E-state index is 11.7. The minimum Gasteiger partial charge on any atom is -0.443 e. The Morgan fingerprint density at radius 1 is 1.25 bits per heavy atom. The quantitative estimate of drug-likeness (QED) is 0.865. The van der Waals surface area contributed by atoms with E-state index >= 15 is 0 Å². The van der Waals surface area contributed by atoms with Gasteiger partial charge in [0.2, 0.25) is 0 Å². The van der Waals surface area contributed by atoms with Crippen LogP contribution in [0.1, 0.15) is 31.5 Å². The lowest BCUT2D eigenvalue weighted by atomic mass is 9.70. The molecule has 2 fully saturated rings. The lowest BCUT2D eigenvalue weighted by molar-refractivity contribution is 0.0415. The summed E-state index contributed by atoms with van der Waals surface area (Å²) in [6.45, 7) is 4.45. The van der Waals surface area contributed by atoms with Crippen LogP contribution in [0.4, 0.5) is 4.79 Å². The summed E-state index contributed by atoms with van der Waals surface area (Å²) in [7, 11) is 0. The van der Waals surface area contributed by atoms with Crippen LogP contribution >= 0.6 is 0 Å². The second kappa shape index (κ2) is 7.47. The van der Waals surface area contributed by atoms with Gasteiger partial charge in [-0.05, 0) is 36.5 Å². The molecular weight excluding hydrogens is 350 g/mol. The first-order valence-corrected chi connectivity index (χ1v) is 9.67. The third kappa shape index (κ3) is 3.38. The van der Waals surface area contributed by atoms with Gasteiger partial charge in [0.1, 0.15) is 6.10 Å². The fourth-order valence-corrected chi connectivity index (χ4v) is 4.30. The molecule has 28 heavy (non-hydrogen) atoms. The van der Waals surface area contributed by atoms with Crippen molar-refractivity contribution in [1.29, 1.82) is 5.26 Å². The number of carbonyl (C=O) groups excluding carboxylic acids is 1. The molecule has 142 valence electrons. The molecule has 1 amide bonds. The highest BCUT2D eigenvalue weighted by molar-refractivity contribution is 5.71. The number of amides is 1. The summed E-state index contributed by atoms with van der Waals surface area (Å²) in [4.78, 5) is 16.2. The van der Waals surface area contributed by atoms with Crippen molar-refractivity contribution in [2.24, 2.45) is 17.8 Å². The Kier molecular flexibility index (Phi) is 4.87. The SMILES string of the molecule is C[C@H]1[C@H](/C=C/c2ccc(-c3ccccc3C#N)cn2)[C@@H]2OC(=O)N[C@@H]2C[C@@H]1C. The Labute approximate surface area is 165 Å². The third-order valence-electron chi connectivity index (χ3n) is 6.09. The van der Waals surface area contributed by atoms with E-state index < -0.39 is 0 Å². The number of benzene rings is 1. The number of fused-ring (bicyclic) bond motifs is 1. The first-order valence-electron chi connectivity index (χ1n) is 9.67. The number of alkyl carbamates (subject to hydrolysis) is 1. The van der Waals surface area contributed by atoms with Crippen LogP contribution in [-0.4, -0.2) is 23.2 Å². The summed E-state index contributed by atoms with van der Waals surface area (Å²) in [6, 6.07) is 13.8. The number of aromatic nitrogens is 1. The fraction of sp³-hybridized carbons (Fsp3) is 0.348. The summed E-state index contributed by atoms with van der Waals surface area (Å²) in [6.07, 6.45) is 6.45. The average Bonchev–Trinajstić information content (AvgIpc) is 3.08. The third-order valence-corrected chi connectivity index (χ3v) is 6.09. The van der Waals surface area contributed by atoms with E-state index in [1.165, 1.54) is 0 Å². The number of nitriles is 1. The lowest BCUT2D eigenvalue weighted by Crippen LogP contribution is -2.46. The van der Waals surface area contributed by atoms with Crippen LogP contribution in [0.15, 0.2) is 48.7 Å². The van der Waals surface area contributed by atoms with Crippen molar-refractivity contribution in [2.75, 3.05) is 0 Å². The van der Waals surface area contributed by atoms with Gasteiger partial charge in [0.05, 0.1) is 23.4 Å². The summed E-state index contributed by atoms with van der Waals surface area (Å²) < 4.78 is 5.54. The smallest absolute Gasteiger partial charge is 0.407 e. The standard InChI is InChI=1S/C23H23N3O2/c1-14-11-21-22(28-23(27)26-21)19(15(14)2)10-9-18-8-7-17(13-25-18)20-6-4-3-5-16(20)12-24/h3-10,13-15,19,21-22H,11H2,1-2H3,(H,26,27)/b10-9+/t14-,15+,19-,21+,22-/m0/s1. The zero-order chi connectivity index (χ0) is 19.7. The zero-order valence-electron chi connectivity index (χ0n) is 16.0. The molecule has 1 aromatic carbocycles. The average molecular weight is 373 g/mol. The normalized spacial score (nSPS) is 29.0. The summed E-state index contributed by atoms with van der Waals surface area (Å²) >= 11 is 0. The van der Waals surface area contributed by atoms with Crippen molar-refractivity contribution in [1.82, 2.24) is 10.3 Å². The molecular formula is C23H23N3O2. The van der Waals surface area contributed by atoms with Gasteiger partial charge in [0.15, 0.2) is 0 Å². The van der Waals surface area contributed by atoms with E-state index in [-0.39, 0.29) is 24.2 Å². The molecule has 0 bridgehead atoms. The van der Waals surface area contributed by atoms with E-state index in [0.717, 1.165) is 23.2 Å². The van der Waals surface area contributed by atoms with E-state index in [1.807, 2.05) is 42.5 Å². The molecule has 5 nitrogen and oxygen atoms in total. The predicted octanol–water partition coefficient (Wildman–Crippen LogP) is 4.40. The fourth-order valence-electron chi connectivity index (χ4n) is 4.30. The van der Waals surface area contributed by atoms with Gasteiger partial charge in [-0.1, -0.05) is 44.2 Å². The summed E-state index contributed by atoms with van der Waals surface area (Å²) in [5.74, 6) is 1.09. The topological polar surface area (TPSA) is 75.0 Å². The number of ether oxygens (including phenoxy) is 1. The number of hydrogen-bond acceptors (Lipinski definition) is 4. The minimum absolute atomic E-state index is 0.0890. The van der Waals surface area contributed by atoms with Crippen molar-refractivity contribution in [3.05, 3.63) is 59.9 Å². The molecule has 4 rings (SSSR count). The number of pyridine rings is 1. The molecule has 2 aliphatic rings. The van der Waals surface area contributed by atoms with E-state index in [4.69, 9.17) is 4.74 Å². The second-order valence-electron chi connectivity index (χ2n) is 7.76. The highest BCUT2D eigenvalue weighted by atomic mass is 16.6. The first-order chi connectivity index (χ1) is 13.6. The number of nitrogens with one attached hydrogen (secondary N) is 1. The van der Waals surface area contributed by atoms with Gasteiger partial charge in [-0.2, -0.15) is 5.26 Å². The van der Waals surface area contributed by atoms with Crippen molar-refractivity contribution in [3.8, 4) is 17.2 Å². The Morgan fingerprint density at radius 2 is 2.07 bits per heavy atom. The second-order valence-corrected chi connectivity index (χ2v) is 7.76. The Balaban J connectivity index is 1.54. The maximum absolute atomic E-state index is 11.7. The zero-order valence-corrected chi connectivity index (χ0v) is 16.0. The van der Waals surface area contributed by atoms with E-state index in [1.54, 1.807) is 6.20 Å². The molecule has 0 radical (unpaired) electrons. The van der Waals surface area contributed by atoms with E-state index in [2.05, 4.69) is 36.3 Å². The number of rotatable bonds is 3. The highest BCUT2D eigenvalue weighted by Crippen LogP contribution is 2.39. The van der Waals surface area contributed by atoms with Crippen LogP contribution in [-0.2, 0) is 4.74 Å². The summed E-state index contributed by atoms with van der Waals surface area (Å²) in [5, 5.41) is 12.2. The lowest BCUT2D eigenvalue weighted by Gasteiger charge is -2.38. The first kappa shape index (κ1) is 18.2. The Bertz CT molecular complexity index is 945. The molecule has 2 aromatic rings. The number of nitrogens with zero attached hydrogens (tertiary/aromatic N) is 2. The summed E-state index contributed by atoms with van der Waals surface area (Å²) in [5.41, 5.74) is 3.29. The van der Waals surface area contributed by atoms with E-state index in [0.29, 0.717) is 17.4 Å². The van der Waals surface area contributed by atoms with Gasteiger partial charge in [0, 0.05) is 23.2 Å². The highest BCUT2D eigenvalue weighted by Gasteiger charge is 2.46. The van der Waals surface area contributed by atoms with Gasteiger partial charge >= 0.3 is 6.09 Å². The van der Waals surface area contributed by atoms with Crippen LogP contribution in [0.2, 0.25) is 0 Å². The van der Waals surface area contributed by atoms with Crippen molar-refractivity contribution >= 4 is 12.2 Å². The molecule has 1 saturated carbocycles. The number of hydrogen-bond donors (Lipinski definition) is 1.